The fourth-order valence-electron chi connectivity index (χ4n) is 4.64. The molecule has 3 amide bonds. The van der Waals surface area contributed by atoms with Gasteiger partial charge in [-0.15, -0.1) is 0 Å². The summed E-state index contributed by atoms with van der Waals surface area (Å²) in [6.45, 7) is 2.05. The Morgan fingerprint density at radius 1 is 0.885 bits per heavy atom. The van der Waals surface area contributed by atoms with E-state index in [-0.39, 0.29) is 32.0 Å². The molecule has 0 aliphatic heterocycles. The highest BCUT2D eigenvalue weighted by atomic mass is 19.4. The van der Waals surface area contributed by atoms with Crippen LogP contribution in [0.2, 0.25) is 0 Å². The highest BCUT2D eigenvalue weighted by Gasteiger charge is 2.38. The van der Waals surface area contributed by atoms with Gasteiger partial charge in [0.05, 0.1) is 0 Å². The molecule has 4 aromatic rings. The second kappa shape index (κ2) is 19.1. The molecule has 1 heterocycles. The number of aliphatic carboxylic acids is 1. The average molecular weight is 727 g/mol. The van der Waals surface area contributed by atoms with Gasteiger partial charge in [0.15, 0.2) is 5.96 Å². The van der Waals surface area contributed by atoms with Crippen LogP contribution in [0.25, 0.3) is 11.0 Å². The number of nitrogens with two attached hydrogens (primary N) is 2. The molecule has 0 bridgehead atoms. The average Bonchev–Trinajstić information content (AvgIpc) is 3.08. The van der Waals surface area contributed by atoms with Gasteiger partial charge in [0.2, 0.25) is 11.8 Å². The summed E-state index contributed by atoms with van der Waals surface area (Å²) in [5.41, 5.74) is 13.4. The fourth-order valence-corrected chi connectivity index (χ4v) is 4.64. The van der Waals surface area contributed by atoms with E-state index < -0.39 is 47.8 Å². The molecule has 0 aliphatic rings. The number of aryl methyl sites for hydroxylation is 1. The van der Waals surface area contributed by atoms with Gasteiger partial charge < -0.3 is 41.7 Å². The first kappa shape index (κ1) is 40.0. The van der Waals surface area contributed by atoms with Crippen LogP contribution in [-0.4, -0.2) is 59.7 Å². The number of anilines is 1. The molecule has 0 fully saturated rings. The van der Waals surface area contributed by atoms with Crippen molar-refractivity contribution in [2.75, 3.05) is 11.9 Å². The monoisotopic (exact) mass is 726 g/mol. The van der Waals surface area contributed by atoms with E-state index in [4.69, 9.17) is 30.5 Å². The quantitative estimate of drug-likeness (QED) is 0.0506. The van der Waals surface area contributed by atoms with Gasteiger partial charge in [0.1, 0.15) is 24.3 Å². The van der Waals surface area contributed by atoms with E-state index in [1.807, 2.05) is 60.7 Å². The minimum atomic E-state index is -5.08. The summed E-state index contributed by atoms with van der Waals surface area (Å²) in [4.78, 5) is 64.6. The standard InChI is InChI=1S/C33H36N6O6.C2HF3O2/c1-21-17-29(40)45-28-19-24(14-15-25(21)28)37-30(41)26(13-8-16-36-32(34)35)38-31(42)27(18-22-9-4-2-5-10-22)39-33(43)44-20-23-11-6-3-7-12-23;3-2(4,5)1(6)7/h2-7,9-12,14-15,17,19,26-27H,8,13,16,18,20H2,1H3,(H,37,41)(H,38,42)(H,39,43)(H4,34,35,36);(H,6,7). The summed E-state index contributed by atoms with van der Waals surface area (Å²) in [6.07, 6.45) is -5.15. The van der Waals surface area contributed by atoms with E-state index in [1.165, 1.54) is 6.07 Å². The first-order valence-corrected chi connectivity index (χ1v) is 15.6. The first-order chi connectivity index (χ1) is 24.6. The lowest BCUT2D eigenvalue weighted by atomic mass is 10.0. The number of guanidine groups is 1. The molecule has 3 aromatic carbocycles. The Kier molecular flexibility index (Phi) is 14.7. The normalized spacial score (nSPS) is 11.9. The zero-order valence-electron chi connectivity index (χ0n) is 27.8. The minimum absolute atomic E-state index is 0.0214. The van der Waals surface area contributed by atoms with Crippen LogP contribution in [0.4, 0.5) is 23.7 Å². The molecule has 0 saturated heterocycles. The smallest absolute Gasteiger partial charge is 0.475 e. The van der Waals surface area contributed by atoms with Crippen molar-refractivity contribution in [3.05, 3.63) is 112 Å². The molecule has 0 saturated carbocycles. The van der Waals surface area contributed by atoms with Gasteiger partial charge in [-0.05, 0) is 48.6 Å². The van der Waals surface area contributed by atoms with Gasteiger partial charge in [-0.2, -0.15) is 13.2 Å². The molecule has 52 heavy (non-hydrogen) atoms. The van der Waals surface area contributed by atoms with Crippen molar-refractivity contribution in [2.24, 2.45) is 16.5 Å². The Bertz CT molecular complexity index is 1920. The molecule has 4 rings (SSSR count). The first-order valence-electron chi connectivity index (χ1n) is 15.6. The van der Waals surface area contributed by atoms with Crippen molar-refractivity contribution in [2.45, 2.75) is 51.1 Å². The van der Waals surface area contributed by atoms with Crippen LogP contribution >= 0.6 is 0 Å². The number of benzene rings is 3. The number of carbonyl (C=O) groups is 4. The van der Waals surface area contributed by atoms with E-state index in [0.29, 0.717) is 17.7 Å². The largest absolute Gasteiger partial charge is 0.490 e. The second-order valence-corrected chi connectivity index (χ2v) is 11.2. The van der Waals surface area contributed by atoms with Gasteiger partial charge in [0, 0.05) is 36.2 Å². The van der Waals surface area contributed by atoms with E-state index in [9.17, 15) is 32.3 Å². The summed E-state index contributed by atoms with van der Waals surface area (Å²) >= 11 is 0. The van der Waals surface area contributed by atoms with Gasteiger partial charge in [0.25, 0.3) is 0 Å². The van der Waals surface area contributed by atoms with Gasteiger partial charge in [-0.3, -0.25) is 14.6 Å². The summed E-state index contributed by atoms with van der Waals surface area (Å²) < 4.78 is 42.4. The maximum Gasteiger partial charge on any atom is 0.490 e. The van der Waals surface area contributed by atoms with Crippen LogP contribution in [-0.2, 0) is 32.1 Å². The maximum absolute atomic E-state index is 13.6. The van der Waals surface area contributed by atoms with Crippen LogP contribution in [0.1, 0.15) is 29.5 Å². The third-order valence-corrected chi connectivity index (χ3v) is 7.14. The Labute approximate surface area is 295 Å². The van der Waals surface area contributed by atoms with Crippen LogP contribution < -0.4 is 33.0 Å². The number of nitrogens with zero attached hydrogens (tertiary/aromatic N) is 1. The van der Waals surface area contributed by atoms with Crippen molar-refractivity contribution < 1.29 is 46.6 Å². The number of carboxylic acid groups (broad SMARTS) is 1. The predicted molar refractivity (Wildman–Crippen MR) is 185 cm³/mol. The number of hydrogen-bond acceptors (Lipinski definition) is 8. The number of fused-ring (bicyclic) bond motifs is 1. The van der Waals surface area contributed by atoms with Crippen molar-refractivity contribution in [1.82, 2.24) is 10.6 Å². The molecular formula is C35H37F3N6O8. The van der Waals surface area contributed by atoms with E-state index in [1.54, 1.807) is 25.1 Å². The molecule has 0 aliphatic carbocycles. The van der Waals surface area contributed by atoms with Gasteiger partial charge >= 0.3 is 23.9 Å². The van der Waals surface area contributed by atoms with Crippen LogP contribution in [0.5, 0.6) is 0 Å². The molecule has 17 heteroatoms. The topological polar surface area (TPSA) is 228 Å². The van der Waals surface area contributed by atoms with Gasteiger partial charge in [-0.25, -0.2) is 14.4 Å². The van der Waals surface area contributed by atoms with Crippen molar-refractivity contribution in [1.29, 1.82) is 0 Å². The number of carbonyl (C=O) groups excluding carboxylic acids is 3. The number of hydrogen-bond donors (Lipinski definition) is 6. The van der Waals surface area contributed by atoms with Crippen LogP contribution in [0.15, 0.2) is 99.1 Å². The Hall–Kier alpha value is -6.39. The third kappa shape index (κ3) is 13.5. The molecule has 0 radical (unpaired) electrons. The lowest BCUT2D eigenvalue weighted by Crippen LogP contribution is -2.53. The highest BCUT2D eigenvalue weighted by Crippen LogP contribution is 2.21. The number of amides is 3. The number of nitrogens with one attached hydrogen (secondary N) is 3. The minimum Gasteiger partial charge on any atom is -0.475 e. The Morgan fingerprint density at radius 3 is 2.10 bits per heavy atom. The molecule has 1 aromatic heterocycles. The highest BCUT2D eigenvalue weighted by molar-refractivity contribution is 5.99. The summed E-state index contributed by atoms with van der Waals surface area (Å²) in [7, 11) is 0. The molecule has 2 unspecified atom stereocenters. The lowest BCUT2D eigenvalue weighted by Gasteiger charge is -2.23. The van der Waals surface area contributed by atoms with E-state index in [0.717, 1.165) is 22.1 Å². The number of carboxylic acids is 1. The van der Waals surface area contributed by atoms with E-state index >= 15 is 0 Å². The molecular weight excluding hydrogens is 689 g/mol. The number of rotatable bonds is 13. The zero-order valence-corrected chi connectivity index (χ0v) is 27.8. The lowest BCUT2D eigenvalue weighted by molar-refractivity contribution is -0.192. The number of halogens is 3. The second-order valence-electron chi connectivity index (χ2n) is 11.2. The summed E-state index contributed by atoms with van der Waals surface area (Å²) in [6, 6.07) is 22.6. The number of alkyl halides is 3. The Morgan fingerprint density at radius 2 is 1.50 bits per heavy atom. The van der Waals surface area contributed by atoms with Crippen molar-refractivity contribution >= 4 is 46.5 Å². The van der Waals surface area contributed by atoms with E-state index in [2.05, 4.69) is 20.9 Å². The molecule has 2 atom stereocenters. The fraction of sp³-hybridized carbons (Fsp3) is 0.257. The summed E-state index contributed by atoms with van der Waals surface area (Å²) in [5, 5.41) is 16.0. The molecule has 276 valence electrons. The van der Waals surface area contributed by atoms with Crippen molar-refractivity contribution in [3.63, 3.8) is 0 Å². The molecule has 0 spiro atoms. The van der Waals surface area contributed by atoms with Gasteiger partial charge in [-0.1, -0.05) is 60.7 Å². The predicted octanol–water partition coefficient (Wildman–Crippen LogP) is 3.75. The van der Waals surface area contributed by atoms with Crippen molar-refractivity contribution in [3.8, 4) is 0 Å². The molecule has 8 N–H and O–H groups in total. The maximum atomic E-state index is 13.6. The summed E-state index contributed by atoms with van der Waals surface area (Å²) in [5.74, 6) is -3.95. The number of aliphatic imine (C=N–C) groups is 1. The van der Waals surface area contributed by atoms with Crippen LogP contribution in [0.3, 0.4) is 0 Å². The molecule has 14 nitrogen and oxygen atoms in total. The number of ether oxygens (including phenoxy) is 1. The SMILES string of the molecule is Cc1cc(=O)oc2cc(NC(=O)C(CCCN=C(N)N)NC(=O)C(Cc3ccccc3)NC(=O)OCc3ccccc3)ccc12.O=C(O)C(F)(F)F. The third-order valence-electron chi connectivity index (χ3n) is 7.14. The zero-order chi connectivity index (χ0) is 38.3. The van der Waals surface area contributed by atoms with Crippen LogP contribution in [0, 0.1) is 6.92 Å². The number of alkyl carbamates (subject to hydrolysis) is 1. The Balaban J connectivity index is 0.000000944.